The number of nitrogens with zero attached hydrogens (tertiary/aromatic N) is 3. The number of hydrogen-bond acceptors (Lipinski definition) is 8. The van der Waals surface area contributed by atoms with Crippen molar-refractivity contribution in [3.63, 3.8) is 0 Å². The summed E-state index contributed by atoms with van der Waals surface area (Å²) in [7, 11) is 1.00. The summed E-state index contributed by atoms with van der Waals surface area (Å²) in [4.78, 5) is 25.7. The van der Waals surface area contributed by atoms with Gasteiger partial charge in [0, 0.05) is 31.7 Å². The number of H-pyrrole nitrogens is 1. The largest absolute Gasteiger partial charge is 0.471 e. The van der Waals surface area contributed by atoms with Gasteiger partial charge in [0.25, 0.3) is 11.9 Å². The summed E-state index contributed by atoms with van der Waals surface area (Å²) in [6.45, 7) is 4.98. The molecule has 1 saturated carbocycles. The van der Waals surface area contributed by atoms with Gasteiger partial charge >= 0.3 is 0 Å². The highest BCUT2D eigenvalue weighted by Gasteiger charge is 2.47. The predicted molar refractivity (Wildman–Crippen MR) is 157 cm³/mol. The molecule has 2 aromatic heterocycles. The Morgan fingerprint density at radius 3 is 2.44 bits per heavy atom. The molecule has 13 heteroatoms. The van der Waals surface area contributed by atoms with Crippen LogP contribution in [0.15, 0.2) is 18.2 Å². The first kappa shape index (κ1) is 34.0. The van der Waals surface area contributed by atoms with E-state index in [1.165, 1.54) is 6.07 Å². The average Bonchev–Trinajstić information content (AvgIpc) is 3.83. The third-order valence-corrected chi connectivity index (χ3v) is 7.57. The van der Waals surface area contributed by atoms with Crippen molar-refractivity contribution in [2.75, 3.05) is 26.8 Å². The quantitative estimate of drug-likeness (QED) is 0.343. The number of rotatable bonds is 6. The van der Waals surface area contributed by atoms with Gasteiger partial charge in [-0.05, 0) is 43.9 Å². The Kier molecular flexibility index (Phi) is 12.5. The minimum absolute atomic E-state index is 0.0339. The van der Waals surface area contributed by atoms with Crippen LogP contribution >= 0.6 is 11.6 Å². The molecule has 1 aliphatic carbocycles. The van der Waals surface area contributed by atoms with E-state index in [1.54, 1.807) is 4.90 Å². The van der Waals surface area contributed by atoms with Crippen LogP contribution in [0.2, 0.25) is 5.02 Å². The number of carbonyl (C=O) groups is 1. The molecule has 4 atom stereocenters. The first-order valence-corrected chi connectivity index (χ1v) is 14.5. The van der Waals surface area contributed by atoms with Gasteiger partial charge in [-0.25, -0.2) is 8.78 Å². The fourth-order valence-electron chi connectivity index (χ4n) is 5.35. The van der Waals surface area contributed by atoms with Crippen LogP contribution in [0.25, 0.3) is 11.2 Å². The smallest absolute Gasteiger partial charge is 0.296 e. The molecule has 2 saturated heterocycles. The number of nitrogens with one attached hydrogen (secondary N) is 1. The minimum atomic E-state index is -0.885. The Morgan fingerprint density at radius 1 is 1.14 bits per heavy atom. The molecule has 1 amide bonds. The molecular formula is C30H37ClF2N4O6. The van der Waals surface area contributed by atoms with Crippen LogP contribution in [-0.4, -0.2) is 81.1 Å². The number of terminal acetylenes is 1. The molecular weight excluding hydrogens is 586 g/mol. The molecule has 0 radical (unpaired) electrons. The number of hydrogen-bond donors (Lipinski definition) is 3. The number of carbonyl (C=O) groups excluding carboxylic acids is 1. The van der Waals surface area contributed by atoms with Crippen molar-refractivity contribution in [1.29, 1.82) is 0 Å². The molecule has 1 aromatic carbocycles. The highest BCUT2D eigenvalue weighted by molar-refractivity contribution is 6.32. The van der Waals surface area contributed by atoms with Crippen LogP contribution in [0.5, 0.6) is 11.9 Å². The molecule has 43 heavy (non-hydrogen) atoms. The number of aliphatic hydroxyl groups excluding tert-OH is 2. The van der Waals surface area contributed by atoms with Gasteiger partial charge in [-0.1, -0.05) is 25.4 Å². The van der Waals surface area contributed by atoms with Crippen molar-refractivity contribution in [2.24, 2.45) is 5.92 Å². The van der Waals surface area contributed by atoms with Crippen molar-refractivity contribution in [3.8, 4) is 24.7 Å². The SMILES string of the molecule is C#C.CC.CO.O=C(c1cc(F)c(COc2nc3nc(O[C@@H]4CCC5[C@H](O)CO[C@@H]54)[nH]c3cc2Cl)c(F)c1)N1CCCC1. The average molecular weight is 623 g/mol. The van der Waals surface area contributed by atoms with Gasteiger partial charge in [-0.2, -0.15) is 9.97 Å². The lowest BCUT2D eigenvalue weighted by Gasteiger charge is -2.17. The number of aliphatic hydroxyl groups is 2. The second-order valence-corrected chi connectivity index (χ2v) is 10.1. The van der Waals surface area contributed by atoms with Gasteiger partial charge in [0.15, 0.2) is 5.65 Å². The lowest BCUT2D eigenvalue weighted by atomic mass is 10.0. The van der Waals surface area contributed by atoms with E-state index in [2.05, 4.69) is 27.8 Å². The summed E-state index contributed by atoms with van der Waals surface area (Å²) in [5.41, 5.74) is 0.380. The number of amides is 1. The summed E-state index contributed by atoms with van der Waals surface area (Å²) in [6.07, 6.45) is 10.4. The lowest BCUT2D eigenvalue weighted by Crippen LogP contribution is -2.30. The summed E-state index contributed by atoms with van der Waals surface area (Å²) >= 11 is 6.30. The maximum Gasteiger partial charge on any atom is 0.296 e. The molecule has 3 aliphatic rings. The van der Waals surface area contributed by atoms with Gasteiger partial charge < -0.3 is 34.3 Å². The summed E-state index contributed by atoms with van der Waals surface area (Å²) in [5, 5.41) is 17.1. The molecule has 1 unspecified atom stereocenters. The number of ether oxygens (including phenoxy) is 3. The van der Waals surface area contributed by atoms with Crippen molar-refractivity contribution in [3.05, 3.63) is 46.0 Å². The third-order valence-electron chi connectivity index (χ3n) is 7.30. The van der Waals surface area contributed by atoms with Gasteiger partial charge in [0.05, 0.1) is 29.9 Å². The number of fused-ring (bicyclic) bond motifs is 2. The number of aromatic amines is 1. The summed E-state index contributed by atoms with van der Waals surface area (Å²) < 4.78 is 46.6. The minimum Gasteiger partial charge on any atom is -0.471 e. The molecule has 3 fully saturated rings. The Morgan fingerprint density at radius 2 is 1.79 bits per heavy atom. The molecule has 0 bridgehead atoms. The first-order valence-electron chi connectivity index (χ1n) is 14.1. The van der Waals surface area contributed by atoms with E-state index >= 15 is 0 Å². The number of benzene rings is 1. The monoisotopic (exact) mass is 622 g/mol. The van der Waals surface area contributed by atoms with Gasteiger partial charge in [0.1, 0.15) is 29.4 Å². The zero-order valence-corrected chi connectivity index (χ0v) is 25.1. The Labute approximate surface area is 254 Å². The van der Waals surface area contributed by atoms with E-state index in [4.69, 9.17) is 30.9 Å². The number of aromatic nitrogens is 3. The molecule has 2 aliphatic heterocycles. The molecule has 4 heterocycles. The van der Waals surface area contributed by atoms with Gasteiger partial charge in [-0.3, -0.25) is 4.79 Å². The Balaban J connectivity index is 0.000000796. The highest BCUT2D eigenvalue weighted by atomic mass is 35.5. The lowest BCUT2D eigenvalue weighted by molar-refractivity contribution is 0.0135. The van der Waals surface area contributed by atoms with Crippen molar-refractivity contribution in [2.45, 2.75) is 64.4 Å². The van der Waals surface area contributed by atoms with Crippen molar-refractivity contribution < 1.29 is 38.0 Å². The van der Waals surface area contributed by atoms with Crippen molar-refractivity contribution in [1.82, 2.24) is 19.9 Å². The number of imidazole rings is 1. The van der Waals surface area contributed by atoms with E-state index in [0.717, 1.165) is 44.9 Å². The second-order valence-electron chi connectivity index (χ2n) is 9.66. The molecule has 3 aromatic rings. The van der Waals surface area contributed by atoms with E-state index < -0.39 is 30.3 Å². The maximum absolute atomic E-state index is 14.7. The van der Waals surface area contributed by atoms with Crippen LogP contribution < -0.4 is 9.47 Å². The number of pyridine rings is 1. The molecule has 0 spiro atoms. The van der Waals surface area contributed by atoms with E-state index in [-0.39, 0.29) is 51.8 Å². The molecule has 234 valence electrons. The summed E-state index contributed by atoms with van der Waals surface area (Å²) in [5.74, 6) is -2.16. The van der Waals surface area contributed by atoms with E-state index in [9.17, 15) is 18.7 Å². The van der Waals surface area contributed by atoms with Crippen LogP contribution in [0.4, 0.5) is 8.78 Å². The molecule has 10 nitrogen and oxygen atoms in total. The topological polar surface area (TPSA) is 130 Å². The fraction of sp³-hybridized carbons (Fsp3) is 0.500. The summed E-state index contributed by atoms with van der Waals surface area (Å²) in [6, 6.07) is 3.82. The van der Waals surface area contributed by atoms with Crippen LogP contribution in [-0.2, 0) is 11.3 Å². The van der Waals surface area contributed by atoms with Crippen molar-refractivity contribution >= 4 is 28.7 Å². The van der Waals surface area contributed by atoms with E-state index in [1.807, 2.05) is 13.8 Å². The number of halogens is 3. The molecule has 6 rings (SSSR count). The zero-order chi connectivity index (χ0) is 31.7. The zero-order valence-electron chi connectivity index (χ0n) is 24.4. The standard InChI is InChI=1S/C25H25ClF2N4O5.C2H6.C2H2.CH4O/c26-15-9-18-22(31-25(29-18)37-20-4-3-13-19(33)11-35-21(13)20)30-23(15)36-10-14-16(27)7-12(8-17(14)28)24(34)32-5-1-2-6-32;3*1-2/h7-9,13,19-21,33H,1-6,10-11H2,(H,29,30,31);1-2H3;1-2H;2H,1H3/t13?,19-,20-,21+;;;/m1.../s1. The Hall–Kier alpha value is -3.50. The fourth-order valence-corrected chi connectivity index (χ4v) is 5.56. The normalized spacial score (nSPS) is 22.0. The number of likely N-dealkylation sites (tertiary alicyclic amines) is 1. The Bertz CT molecular complexity index is 1370. The van der Waals surface area contributed by atoms with Gasteiger partial charge in [-0.15, -0.1) is 12.8 Å². The highest BCUT2D eigenvalue weighted by Crippen LogP contribution is 2.38. The third kappa shape index (κ3) is 7.54. The first-order chi connectivity index (χ1) is 20.9. The van der Waals surface area contributed by atoms with Crippen LogP contribution in [0.1, 0.15) is 55.5 Å². The van der Waals surface area contributed by atoms with Crippen LogP contribution in [0.3, 0.4) is 0 Å². The van der Waals surface area contributed by atoms with Crippen LogP contribution in [0, 0.1) is 30.4 Å². The molecule has 3 N–H and O–H groups in total. The maximum atomic E-state index is 14.7. The second kappa shape index (κ2) is 15.8. The predicted octanol–water partition coefficient (Wildman–Crippen LogP) is 4.51. The van der Waals surface area contributed by atoms with Gasteiger partial charge in [0.2, 0.25) is 5.88 Å². The van der Waals surface area contributed by atoms with E-state index in [0.29, 0.717) is 25.2 Å².